The lowest BCUT2D eigenvalue weighted by molar-refractivity contribution is -0.114. The van der Waals surface area contributed by atoms with Crippen LogP contribution in [-0.2, 0) is 14.6 Å². The average molecular weight is 413 g/mol. The average Bonchev–Trinajstić information content (AvgIpc) is 3.11. The molecule has 1 aromatic heterocycles. The van der Waals surface area contributed by atoms with Crippen molar-refractivity contribution in [2.45, 2.75) is 25.7 Å². The Kier molecular flexibility index (Phi) is 5.74. The van der Waals surface area contributed by atoms with Crippen LogP contribution in [0.4, 0.5) is 11.4 Å². The number of benzene rings is 2. The third-order valence-electron chi connectivity index (χ3n) is 4.49. The van der Waals surface area contributed by atoms with Crippen molar-refractivity contribution in [2.24, 2.45) is 0 Å². The molecule has 2 N–H and O–H groups in total. The predicted octanol–water partition coefficient (Wildman–Crippen LogP) is 3.25. The number of nitrogens with zero attached hydrogens (tertiary/aromatic N) is 2. The van der Waals surface area contributed by atoms with Gasteiger partial charge in [0.1, 0.15) is 0 Å². The molecule has 3 aromatic rings. The summed E-state index contributed by atoms with van der Waals surface area (Å²) in [5, 5.41) is 10.2. The van der Waals surface area contributed by atoms with Crippen LogP contribution in [0.25, 0.3) is 5.69 Å². The largest absolute Gasteiger partial charge is 0.374 e. The van der Waals surface area contributed by atoms with E-state index in [1.807, 2.05) is 32.9 Å². The molecule has 0 aliphatic heterocycles. The first-order chi connectivity index (χ1) is 13.6. The van der Waals surface area contributed by atoms with Gasteiger partial charge in [-0.2, -0.15) is 5.10 Å². The van der Waals surface area contributed by atoms with Gasteiger partial charge in [0.25, 0.3) is 0 Å². The Morgan fingerprint density at radius 3 is 2.41 bits per heavy atom. The van der Waals surface area contributed by atoms with Crippen molar-refractivity contribution < 1.29 is 13.2 Å². The van der Waals surface area contributed by atoms with Crippen molar-refractivity contribution in [1.29, 1.82) is 0 Å². The van der Waals surface area contributed by atoms with Crippen molar-refractivity contribution >= 4 is 27.1 Å². The van der Waals surface area contributed by atoms with Gasteiger partial charge in [0.2, 0.25) is 5.91 Å². The van der Waals surface area contributed by atoms with Crippen LogP contribution in [0.2, 0.25) is 0 Å². The van der Waals surface area contributed by atoms with Gasteiger partial charge in [-0.1, -0.05) is 29.8 Å². The van der Waals surface area contributed by atoms with Crippen LogP contribution >= 0.6 is 0 Å². The highest BCUT2D eigenvalue weighted by Gasteiger charge is 2.15. The zero-order valence-corrected chi connectivity index (χ0v) is 17.7. The molecule has 0 radical (unpaired) electrons. The molecule has 8 heteroatoms. The minimum Gasteiger partial charge on any atom is -0.374 e. The summed E-state index contributed by atoms with van der Waals surface area (Å²) in [7, 11) is -3.39. The Morgan fingerprint density at radius 2 is 1.76 bits per heavy atom. The number of para-hydroxylation sites is 1. The summed E-state index contributed by atoms with van der Waals surface area (Å²) in [6, 6.07) is 10.7. The smallest absolute Gasteiger partial charge is 0.243 e. The number of rotatable bonds is 6. The molecule has 0 fully saturated rings. The van der Waals surface area contributed by atoms with Gasteiger partial charge in [0, 0.05) is 11.9 Å². The normalized spacial score (nSPS) is 11.3. The van der Waals surface area contributed by atoms with E-state index in [0.29, 0.717) is 11.4 Å². The van der Waals surface area contributed by atoms with Crippen LogP contribution in [0, 0.1) is 20.8 Å². The van der Waals surface area contributed by atoms with Crippen molar-refractivity contribution in [3.8, 4) is 5.69 Å². The van der Waals surface area contributed by atoms with Crippen molar-refractivity contribution in [3.05, 3.63) is 65.5 Å². The number of nitrogens with one attached hydrogen (secondary N) is 2. The van der Waals surface area contributed by atoms with Gasteiger partial charge in [-0.05, 0) is 44.0 Å². The van der Waals surface area contributed by atoms with E-state index in [0.717, 1.165) is 28.6 Å². The van der Waals surface area contributed by atoms with Crippen molar-refractivity contribution in [2.75, 3.05) is 23.4 Å². The number of aryl methyl sites for hydroxylation is 3. The quantitative estimate of drug-likeness (QED) is 0.648. The van der Waals surface area contributed by atoms with Crippen LogP contribution in [0.3, 0.4) is 0 Å². The van der Waals surface area contributed by atoms with Gasteiger partial charge < -0.3 is 10.6 Å². The third kappa shape index (κ3) is 4.83. The zero-order valence-electron chi connectivity index (χ0n) is 16.9. The predicted molar refractivity (Wildman–Crippen MR) is 114 cm³/mol. The molecule has 0 saturated heterocycles. The lowest BCUT2D eigenvalue weighted by Crippen LogP contribution is -2.22. The zero-order chi connectivity index (χ0) is 21.2. The molecule has 0 atom stereocenters. The van der Waals surface area contributed by atoms with Crippen LogP contribution in [-0.4, -0.2) is 36.9 Å². The minimum absolute atomic E-state index is 0.0617. The highest BCUT2D eigenvalue weighted by atomic mass is 32.2. The van der Waals surface area contributed by atoms with Crippen molar-refractivity contribution in [3.63, 3.8) is 0 Å². The Hall–Kier alpha value is -3.13. The summed E-state index contributed by atoms with van der Waals surface area (Å²) in [6.07, 6.45) is 4.36. The number of anilines is 2. The van der Waals surface area contributed by atoms with Crippen LogP contribution in [0.1, 0.15) is 16.7 Å². The van der Waals surface area contributed by atoms with E-state index in [4.69, 9.17) is 0 Å². The molecule has 0 unspecified atom stereocenters. The van der Waals surface area contributed by atoms with Crippen LogP contribution < -0.4 is 10.6 Å². The monoisotopic (exact) mass is 412 g/mol. The Morgan fingerprint density at radius 1 is 1.10 bits per heavy atom. The Balaban J connectivity index is 1.70. The first-order valence-corrected chi connectivity index (χ1v) is 11.0. The van der Waals surface area contributed by atoms with Gasteiger partial charge in [0.15, 0.2) is 9.84 Å². The van der Waals surface area contributed by atoms with Gasteiger partial charge in [0.05, 0.1) is 35.2 Å². The first-order valence-electron chi connectivity index (χ1n) is 9.11. The molecule has 0 spiro atoms. The van der Waals surface area contributed by atoms with Crippen LogP contribution in [0.5, 0.6) is 0 Å². The molecule has 7 nitrogen and oxygen atoms in total. The van der Waals surface area contributed by atoms with E-state index >= 15 is 0 Å². The number of hydrogen-bond acceptors (Lipinski definition) is 5. The van der Waals surface area contributed by atoms with Gasteiger partial charge in [-0.15, -0.1) is 0 Å². The molecule has 0 aliphatic carbocycles. The SMILES string of the molecule is Cc1cc(C)c(NC(=O)CNc2cnn(-c3ccccc3S(C)(=O)=O)c2)c(C)c1. The van der Waals surface area contributed by atoms with E-state index in [9.17, 15) is 13.2 Å². The molecule has 1 heterocycles. The topological polar surface area (TPSA) is 93.1 Å². The second kappa shape index (κ2) is 8.08. The first kappa shape index (κ1) is 20.6. The van der Waals surface area contributed by atoms with Crippen molar-refractivity contribution in [1.82, 2.24) is 9.78 Å². The molecule has 0 aliphatic rings. The summed E-state index contributed by atoms with van der Waals surface area (Å²) in [4.78, 5) is 12.5. The Bertz CT molecular complexity index is 1140. The summed E-state index contributed by atoms with van der Waals surface area (Å²) in [6.45, 7) is 6.01. The number of carbonyl (C=O) groups excluding carboxylic acids is 1. The van der Waals surface area contributed by atoms with E-state index < -0.39 is 9.84 Å². The molecule has 3 rings (SSSR count). The number of sulfone groups is 1. The number of hydrogen-bond donors (Lipinski definition) is 2. The molecular weight excluding hydrogens is 388 g/mol. The van der Waals surface area contributed by atoms with E-state index in [1.165, 1.54) is 4.68 Å². The molecular formula is C21H24N4O3S. The fraction of sp³-hybridized carbons (Fsp3) is 0.238. The maximum atomic E-state index is 12.4. The highest BCUT2D eigenvalue weighted by molar-refractivity contribution is 7.90. The molecule has 29 heavy (non-hydrogen) atoms. The maximum absolute atomic E-state index is 12.4. The van der Waals surface area contributed by atoms with Crippen LogP contribution in [0.15, 0.2) is 53.7 Å². The second-order valence-corrected chi connectivity index (χ2v) is 9.07. The maximum Gasteiger partial charge on any atom is 0.243 e. The van der Waals surface area contributed by atoms with E-state index in [-0.39, 0.29) is 17.3 Å². The minimum atomic E-state index is -3.39. The second-order valence-electron chi connectivity index (χ2n) is 7.09. The molecule has 0 bridgehead atoms. The fourth-order valence-corrected chi connectivity index (χ4v) is 4.12. The molecule has 152 valence electrons. The van der Waals surface area contributed by atoms with Gasteiger partial charge in [-0.25, -0.2) is 13.1 Å². The van der Waals surface area contributed by atoms with Gasteiger partial charge >= 0.3 is 0 Å². The highest BCUT2D eigenvalue weighted by Crippen LogP contribution is 2.22. The van der Waals surface area contributed by atoms with Gasteiger partial charge in [-0.3, -0.25) is 4.79 Å². The molecule has 0 saturated carbocycles. The molecule has 2 aromatic carbocycles. The summed E-state index contributed by atoms with van der Waals surface area (Å²) >= 11 is 0. The standard InChI is InChI=1S/C21H24N4O3S/c1-14-9-15(2)21(16(3)10-14)24-20(26)12-22-17-11-23-25(13-17)18-7-5-6-8-19(18)29(4,27)28/h5-11,13,22H,12H2,1-4H3,(H,24,26). The Labute approximate surface area is 170 Å². The van der Waals surface area contributed by atoms with E-state index in [2.05, 4.69) is 15.7 Å². The summed E-state index contributed by atoms with van der Waals surface area (Å²) in [5.41, 5.74) is 5.07. The summed E-state index contributed by atoms with van der Waals surface area (Å²) < 4.78 is 25.5. The number of carbonyl (C=O) groups is 1. The fourth-order valence-electron chi connectivity index (χ4n) is 3.25. The lowest BCUT2D eigenvalue weighted by Gasteiger charge is -2.13. The molecule has 1 amide bonds. The number of amides is 1. The summed E-state index contributed by atoms with van der Waals surface area (Å²) in [5.74, 6) is -0.177. The number of aromatic nitrogens is 2. The lowest BCUT2D eigenvalue weighted by atomic mass is 10.1. The van der Waals surface area contributed by atoms with E-state index in [1.54, 1.807) is 36.7 Å². The third-order valence-corrected chi connectivity index (χ3v) is 5.63.